The predicted molar refractivity (Wildman–Crippen MR) is 127 cm³/mol. The van der Waals surface area contributed by atoms with E-state index in [-0.39, 0.29) is 18.0 Å². The lowest BCUT2D eigenvalue weighted by molar-refractivity contribution is -0.122. The molecule has 4 aromatic rings. The summed E-state index contributed by atoms with van der Waals surface area (Å²) in [7, 11) is 0. The largest absolute Gasteiger partial charge is 0.350 e. The monoisotopic (exact) mass is 448 g/mol. The number of aryl methyl sites for hydroxylation is 3. The Morgan fingerprint density at radius 1 is 0.969 bits per heavy atom. The Morgan fingerprint density at radius 3 is 2.31 bits per heavy atom. The summed E-state index contributed by atoms with van der Waals surface area (Å²) in [6.45, 7) is 6.89. The number of fused-ring (bicyclic) bond motifs is 1. The maximum Gasteiger partial charge on any atom is 0.276 e. The first-order valence-electron chi connectivity index (χ1n) is 10.5. The molecule has 0 aliphatic rings. The van der Waals surface area contributed by atoms with Gasteiger partial charge < -0.3 is 9.88 Å². The van der Waals surface area contributed by atoms with Crippen LogP contribution in [0, 0.1) is 20.8 Å². The molecular formula is C25H25ClN4O2. The maximum absolute atomic E-state index is 13.2. The second-order valence-corrected chi connectivity index (χ2v) is 8.48. The Balaban J connectivity index is 1.56. The van der Waals surface area contributed by atoms with E-state index in [9.17, 15) is 9.59 Å². The molecule has 2 aromatic carbocycles. The molecule has 0 atom stereocenters. The van der Waals surface area contributed by atoms with Gasteiger partial charge >= 0.3 is 0 Å². The summed E-state index contributed by atoms with van der Waals surface area (Å²) < 4.78 is 3.35. The van der Waals surface area contributed by atoms with E-state index in [2.05, 4.69) is 46.2 Å². The molecule has 0 unspecified atom stereocenters. The van der Waals surface area contributed by atoms with Gasteiger partial charge in [-0.15, -0.1) is 0 Å². The van der Waals surface area contributed by atoms with Crippen LogP contribution in [0.1, 0.15) is 28.1 Å². The maximum atomic E-state index is 13.2. The van der Waals surface area contributed by atoms with E-state index >= 15 is 0 Å². The summed E-state index contributed by atoms with van der Waals surface area (Å²) in [4.78, 5) is 25.6. The highest BCUT2D eigenvalue weighted by atomic mass is 35.5. The number of hydrogen-bond acceptors (Lipinski definition) is 3. The number of benzene rings is 2. The van der Waals surface area contributed by atoms with Crippen LogP contribution in [0.5, 0.6) is 0 Å². The molecule has 2 heterocycles. The number of nitrogens with zero attached hydrogens (tertiary/aromatic N) is 3. The van der Waals surface area contributed by atoms with E-state index in [1.54, 1.807) is 18.3 Å². The molecule has 0 radical (unpaired) electrons. The fourth-order valence-corrected chi connectivity index (χ4v) is 3.99. The van der Waals surface area contributed by atoms with E-state index in [1.807, 2.05) is 26.0 Å². The molecule has 7 heteroatoms. The second kappa shape index (κ2) is 9.01. The van der Waals surface area contributed by atoms with Gasteiger partial charge in [0.05, 0.1) is 11.6 Å². The van der Waals surface area contributed by atoms with Crippen LogP contribution in [0.2, 0.25) is 5.02 Å². The molecule has 2 aromatic heterocycles. The summed E-state index contributed by atoms with van der Waals surface area (Å²) in [6.07, 6.45) is 1.68. The quantitative estimate of drug-likeness (QED) is 0.482. The average molecular weight is 449 g/mol. The second-order valence-electron chi connectivity index (χ2n) is 8.04. The van der Waals surface area contributed by atoms with Crippen molar-refractivity contribution in [3.8, 4) is 0 Å². The molecule has 6 nitrogen and oxygen atoms in total. The van der Waals surface area contributed by atoms with Gasteiger partial charge in [-0.3, -0.25) is 9.59 Å². The fourth-order valence-electron chi connectivity index (χ4n) is 3.87. The molecule has 164 valence electrons. The zero-order valence-electron chi connectivity index (χ0n) is 18.4. The van der Waals surface area contributed by atoms with Crippen molar-refractivity contribution < 1.29 is 4.79 Å². The Hall–Kier alpha value is -3.38. The van der Waals surface area contributed by atoms with E-state index in [1.165, 1.54) is 10.2 Å². The van der Waals surface area contributed by atoms with Crippen LogP contribution in [0.15, 0.2) is 59.5 Å². The van der Waals surface area contributed by atoms with Crippen molar-refractivity contribution in [2.24, 2.45) is 0 Å². The van der Waals surface area contributed by atoms with Crippen molar-refractivity contribution in [2.45, 2.75) is 40.4 Å². The summed E-state index contributed by atoms with van der Waals surface area (Å²) in [6, 6.07) is 15.6. The summed E-state index contributed by atoms with van der Waals surface area (Å²) in [5.74, 6) is -0.276. The SMILES string of the molecule is Cc1ccc(Cn2c(C)c3cnn(CC(=O)NCc4ccc(Cl)cc4)c(=O)c3c2C)cc1. The van der Waals surface area contributed by atoms with Crippen LogP contribution in [-0.4, -0.2) is 20.3 Å². The molecule has 0 aliphatic carbocycles. The first kappa shape index (κ1) is 21.8. The van der Waals surface area contributed by atoms with Gasteiger partial charge in [0.2, 0.25) is 5.91 Å². The van der Waals surface area contributed by atoms with Crippen LogP contribution in [0.4, 0.5) is 0 Å². The van der Waals surface area contributed by atoms with E-state index in [4.69, 9.17) is 11.6 Å². The number of hydrogen-bond donors (Lipinski definition) is 1. The van der Waals surface area contributed by atoms with Gasteiger partial charge in [0.25, 0.3) is 5.56 Å². The number of halogens is 1. The molecule has 0 fully saturated rings. The third-order valence-corrected chi connectivity index (χ3v) is 6.01. The van der Waals surface area contributed by atoms with Crippen molar-refractivity contribution in [2.75, 3.05) is 0 Å². The van der Waals surface area contributed by atoms with Gasteiger partial charge in [0, 0.05) is 34.9 Å². The normalized spacial score (nSPS) is 11.1. The summed E-state index contributed by atoms with van der Waals surface area (Å²) >= 11 is 5.89. The molecule has 0 bridgehead atoms. The molecule has 0 aliphatic heterocycles. The lowest BCUT2D eigenvalue weighted by atomic mass is 10.1. The Kier molecular flexibility index (Phi) is 6.15. The number of amides is 1. The molecule has 1 N–H and O–H groups in total. The van der Waals surface area contributed by atoms with E-state index < -0.39 is 0 Å². The third-order valence-electron chi connectivity index (χ3n) is 5.76. The van der Waals surface area contributed by atoms with Gasteiger partial charge in [-0.05, 0) is 44.0 Å². The van der Waals surface area contributed by atoms with Crippen LogP contribution >= 0.6 is 11.6 Å². The standard InChI is InChI=1S/C25H25ClN4O2/c1-16-4-6-20(7-5-16)14-29-17(2)22-13-28-30(25(32)24(22)18(29)3)15-23(31)27-12-19-8-10-21(26)11-9-19/h4-11,13H,12,14-15H2,1-3H3,(H,27,31). The summed E-state index contributed by atoms with van der Waals surface area (Å²) in [5, 5.41) is 9.15. The van der Waals surface area contributed by atoms with E-state index in [0.717, 1.165) is 27.9 Å². The predicted octanol–water partition coefficient (Wildman–Crippen LogP) is 4.14. The smallest absolute Gasteiger partial charge is 0.276 e. The van der Waals surface area contributed by atoms with Gasteiger partial charge in [0.1, 0.15) is 6.54 Å². The lowest BCUT2D eigenvalue weighted by Gasteiger charge is -2.09. The highest BCUT2D eigenvalue weighted by molar-refractivity contribution is 6.30. The van der Waals surface area contributed by atoms with E-state index in [0.29, 0.717) is 23.5 Å². The minimum absolute atomic E-state index is 0.135. The number of carbonyl (C=O) groups excluding carboxylic acids is 1. The molecule has 0 spiro atoms. The zero-order valence-corrected chi connectivity index (χ0v) is 19.1. The van der Waals surface area contributed by atoms with Crippen molar-refractivity contribution in [3.63, 3.8) is 0 Å². The number of carbonyl (C=O) groups is 1. The third kappa shape index (κ3) is 4.46. The van der Waals surface area contributed by atoms with Gasteiger partial charge in [-0.2, -0.15) is 5.10 Å². The molecule has 32 heavy (non-hydrogen) atoms. The minimum atomic E-state index is -0.276. The highest BCUT2D eigenvalue weighted by Crippen LogP contribution is 2.23. The molecule has 0 saturated carbocycles. The number of aromatic nitrogens is 3. The molecule has 4 rings (SSSR count). The number of nitrogens with one attached hydrogen (secondary N) is 1. The first-order valence-corrected chi connectivity index (χ1v) is 10.8. The Labute approximate surface area is 191 Å². The average Bonchev–Trinajstić information content (AvgIpc) is 3.02. The van der Waals surface area contributed by atoms with Gasteiger partial charge in [0.15, 0.2) is 0 Å². The van der Waals surface area contributed by atoms with Crippen molar-refractivity contribution in [1.29, 1.82) is 0 Å². The van der Waals surface area contributed by atoms with Crippen LogP contribution in [0.3, 0.4) is 0 Å². The first-order chi connectivity index (χ1) is 15.3. The lowest BCUT2D eigenvalue weighted by Crippen LogP contribution is -2.33. The van der Waals surface area contributed by atoms with Crippen LogP contribution in [-0.2, 0) is 24.4 Å². The van der Waals surface area contributed by atoms with Crippen molar-refractivity contribution in [3.05, 3.63) is 98.2 Å². The minimum Gasteiger partial charge on any atom is -0.350 e. The molecular weight excluding hydrogens is 424 g/mol. The topological polar surface area (TPSA) is 68.9 Å². The molecule has 1 amide bonds. The van der Waals surface area contributed by atoms with Crippen LogP contribution in [0.25, 0.3) is 10.8 Å². The van der Waals surface area contributed by atoms with Crippen molar-refractivity contribution >= 4 is 28.3 Å². The number of rotatable bonds is 6. The molecule has 0 saturated heterocycles. The Bertz CT molecular complexity index is 1340. The van der Waals surface area contributed by atoms with Crippen LogP contribution < -0.4 is 10.9 Å². The fraction of sp³-hybridized carbons (Fsp3) is 0.240. The zero-order chi connectivity index (χ0) is 22.8. The Morgan fingerprint density at radius 2 is 1.62 bits per heavy atom. The van der Waals surface area contributed by atoms with Gasteiger partial charge in [-0.1, -0.05) is 53.6 Å². The van der Waals surface area contributed by atoms with Gasteiger partial charge in [-0.25, -0.2) is 4.68 Å². The van der Waals surface area contributed by atoms with Crippen molar-refractivity contribution in [1.82, 2.24) is 19.7 Å². The summed E-state index contributed by atoms with van der Waals surface area (Å²) in [5.41, 5.74) is 4.91. The highest BCUT2D eigenvalue weighted by Gasteiger charge is 2.17.